The molecule has 28 heavy (non-hydrogen) atoms. The zero-order chi connectivity index (χ0) is 20.0. The van der Waals surface area contributed by atoms with Gasteiger partial charge in [0.15, 0.2) is 0 Å². The molecule has 0 radical (unpaired) electrons. The third kappa shape index (κ3) is 5.45. The van der Waals surface area contributed by atoms with E-state index in [-0.39, 0.29) is 6.42 Å². The highest BCUT2D eigenvalue weighted by atomic mass is 19.4. The summed E-state index contributed by atoms with van der Waals surface area (Å²) in [6.07, 6.45) is -2.95. The molecule has 1 N–H and O–H groups in total. The number of hydrogen-bond donors (Lipinski definition) is 1. The highest BCUT2D eigenvalue weighted by molar-refractivity contribution is 5.92. The van der Waals surface area contributed by atoms with Gasteiger partial charge in [0.05, 0.1) is 12.0 Å². The molecule has 6 heteroatoms. The van der Waals surface area contributed by atoms with Crippen molar-refractivity contribution in [1.29, 1.82) is 0 Å². The molecule has 1 amide bonds. The lowest BCUT2D eigenvalue weighted by Gasteiger charge is -2.09. The average molecular weight is 380 g/mol. The first-order valence-corrected chi connectivity index (χ1v) is 8.39. The molecule has 0 aliphatic rings. The Bertz CT molecular complexity index is 1030. The molecule has 3 rings (SSSR count). The second-order valence-electron chi connectivity index (χ2n) is 5.97. The number of benzene rings is 2. The minimum absolute atomic E-state index is 0.159. The van der Waals surface area contributed by atoms with Gasteiger partial charge in [-0.2, -0.15) is 13.2 Å². The van der Waals surface area contributed by atoms with Crippen molar-refractivity contribution in [2.75, 3.05) is 5.32 Å². The van der Waals surface area contributed by atoms with Gasteiger partial charge in [-0.15, -0.1) is 0 Å². The second-order valence-corrected chi connectivity index (χ2v) is 5.97. The molecule has 0 aliphatic heterocycles. The van der Waals surface area contributed by atoms with Crippen LogP contribution in [0.15, 0.2) is 72.9 Å². The second kappa shape index (κ2) is 8.40. The molecule has 0 spiro atoms. The molecule has 3 nitrogen and oxygen atoms in total. The summed E-state index contributed by atoms with van der Waals surface area (Å²) in [6, 6.07) is 17.1. The van der Waals surface area contributed by atoms with Crippen molar-refractivity contribution in [3.63, 3.8) is 0 Å². The topological polar surface area (TPSA) is 42.0 Å². The summed E-state index contributed by atoms with van der Waals surface area (Å²) < 4.78 is 38.3. The highest BCUT2D eigenvalue weighted by Crippen LogP contribution is 2.29. The number of hydrogen-bond acceptors (Lipinski definition) is 2. The van der Waals surface area contributed by atoms with Crippen LogP contribution >= 0.6 is 0 Å². The van der Waals surface area contributed by atoms with E-state index in [1.807, 2.05) is 6.07 Å². The molecule has 140 valence electrons. The number of halogens is 3. The molecule has 3 aromatic rings. The van der Waals surface area contributed by atoms with Gasteiger partial charge in [-0.1, -0.05) is 36.3 Å². The van der Waals surface area contributed by atoms with Crippen LogP contribution in [0.3, 0.4) is 0 Å². The summed E-state index contributed by atoms with van der Waals surface area (Å²) in [6.45, 7) is 0. The van der Waals surface area contributed by atoms with E-state index in [9.17, 15) is 18.0 Å². The maximum Gasteiger partial charge on any atom is 0.416 e. The summed E-state index contributed by atoms with van der Waals surface area (Å²) in [5.41, 5.74) is 1.34. The fraction of sp³-hybridized carbons (Fsp3) is 0.0909. The molecule has 0 fully saturated rings. The molecule has 0 atom stereocenters. The number of nitrogens with zero attached hydrogens (tertiary/aromatic N) is 1. The van der Waals surface area contributed by atoms with Crippen molar-refractivity contribution in [3.8, 4) is 11.8 Å². The van der Waals surface area contributed by atoms with Crippen LogP contribution in [0.1, 0.15) is 22.4 Å². The minimum atomic E-state index is -4.44. The molecule has 1 aromatic heterocycles. The summed E-state index contributed by atoms with van der Waals surface area (Å²) >= 11 is 0. The zero-order valence-corrected chi connectivity index (χ0v) is 14.6. The molecule has 0 saturated heterocycles. The maximum atomic E-state index is 12.8. The number of pyridine rings is 1. The highest BCUT2D eigenvalue weighted by Gasteiger charge is 2.30. The standard InChI is InChI=1S/C22H15F3N2O/c23-22(24,25)18-7-3-6-17(13-18)15-21(28)27-20-9-4-5-16(14-20)10-11-19-8-1-2-12-26-19/h1-9,12-14H,15H2,(H,27,28). The Morgan fingerprint density at radius 1 is 0.964 bits per heavy atom. The molecule has 1 heterocycles. The number of carbonyl (C=O) groups is 1. The van der Waals surface area contributed by atoms with Crippen molar-refractivity contribution >= 4 is 11.6 Å². The maximum absolute atomic E-state index is 12.8. The number of amides is 1. The van der Waals surface area contributed by atoms with Gasteiger partial charge in [0.1, 0.15) is 5.69 Å². The Hall–Kier alpha value is -3.59. The summed E-state index contributed by atoms with van der Waals surface area (Å²) in [5.74, 6) is 5.47. The predicted octanol–water partition coefficient (Wildman–Crippen LogP) is 4.68. The Kier molecular flexibility index (Phi) is 5.75. The first-order chi connectivity index (χ1) is 13.4. The number of aromatic nitrogens is 1. The van der Waals surface area contributed by atoms with E-state index in [1.54, 1.807) is 42.6 Å². The Morgan fingerprint density at radius 2 is 1.79 bits per heavy atom. The van der Waals surface area contributed by atoms with E-state index < -0.39 is 17.6 Å². The minimum Gasteiger partial charge on any atom is -0.326 e. The van der Waals surface area contributed by atoms with E-state index in [1.165, 1.54) is 12.1 Å². The van der Waals surface area contributed by atoms with E-state index in [4.69, 9.17) is 0 Å². The van der Waals surface area contributed by atoms with Crippen LogP contribution in [0.5, 0.6) is 0 Å². The molecule has 0 bridgehead atoms. The molecule has 0 unspecified atom stereocenters. The van der Waals surface area contributed by atoms with Crippen molar-refractivity contribution in [1.82, 2.24) is 4.98 Å². The van der Waals surface area contributed by atoms with Gasteiger partial charge in [0.2, 0.25) is 5.91 Å². The lowest BCUT2D eigenvalue weighted by atomic mass is 10.1. The van der Waals surface area contributed by atoms with Crippen LogP contribution < -0.4 is 5.32 Å². The molecule has 0 aliphatic carbocycles. The molecule has 2 aromatic carbocycles. The first-order valence-electron chi connectivity index (χ1n) is 8.39. The smallest absolute Gasteiger partial charge is 0.326 e. The van der Waals surface area contributed by atoms with Gasteiger partial charge < -0.3 is 5.32 Å². The number of rotatable bonds is 3. The largest absolute Gasteiger partial charge is 0.416 e. The molecular formula is C22H15F3N2O. The first kappa shape index (κ1) is 19.2. The summed E-state index contributed by atoms with van der Waals surface area (Å²) in [5, 5.41) is 2.68. The number of nitrogens with one attached hydrogen (secondary N) is 1. The number of anilines is 1. The Labute approximate surface area is 160 Å². The summed E-state index contributed by atoms with van der Waals surface area (Å²) in [4.78, 5) is 16.3. The average Bonchev–Trinajstić information content (AvgIpc) is 2.67. The molecule has 0 saturated carbocycles. The van der Waals surface area contributed by atoms with Crippen molar-refractivity contribution < 1.29 is 18.0 Å². The van der Waals surface area contributed by atoms with Crippen LogP contribution in [-0.4, -0.2) is 10.9 Å². The predicted molar refractivity (Wildman–Crippen MR) is 100 cm³/mol. The van der Waals surface area contributed by atoms with Crippen LogP contribution in [0.2, 0.25) is 0 Å². The van der Waals surface area contributed by atoms with E-state index in [0.717, 1.165) is 12.1 Å². The molecular weight excluding hydrogens is 365 g/mol. The fourth-order valence-electron chi connectivity index (χ4n) is 2.50. The Balaban J connectivity index is 1.67. The van der Waals surface area contributed by atoms with Gasteiger partial charge in [0, 0.05) is 17.4 Å². The normalized spacial score (nSPS) is 10.7. The lowest BCUT2D eigenvalue weighted by Crippen LogP contribution is -2.15. The van der Waals surface area contributed by atoms with Crippen molar-refractivity contribution in [3.05, 3.63) is 95.3 Å². The van der Waals surface area contributed by atoms with Crippen LogP contribution in [0, 0.1) is 11.8 Å². The van der Waals surface area contributed by atoms with Gasteiger partial charge in [-0.25, -0.2) is 4.98 Å². The van der Waals surface area contributed by atoms with E-state index in [0.29, 0.717) is 22.5 Å². The van der Waals surface area contributed by atoms with E-state index >= 15 is 0 Å². The fourth-order valence-corrected chi connectivity index (χ4v) is 2.50. The monoisotopic (exact) mass is 380 g/mol. The van der Waals surface area contributed by atoms with Gasteiger partial charge in [-0.3, -0.25) is 4.79 Å². The van der Waals surface area contributed by atoms with Crippen LogP contribution in [0.25, 0.3) is 0 Å². The van der Waals surface area contributed by atoms with Gasteiger partial charge >= 0.3 is 6.18 Å². The van der Waals surface area contributed by atoms with E-state index in [2.05, 4.69) is 22.1 Å². The van der Waals surface area contributed by atoms with Crippen molar-refractivity contribution in [2.24, 2.45) is 0 Å². The van der Waals surface area contributed by atoms with Crippen molar-refractivity contribution in [2.45, 2.75) is 12.6 Å². The quantitative estimate of drug-likeness (QED) is 0.671. The lowest BCUT2D eigenvalue weighted by molar-refractivity contribution is -0.137. The third-order valence-electron chi connectivity index (χ3n) is 3.77. The Morgan fingerprint density at radius 3 is 2.54 bits per heavy atom. The van der Waals surface area contributed by atoms with Crippen LogP contribution in [0.4, 0.5) is 18.9 Å². The SMILES string of the molecule is O=C(Cc1cccc(C(F)(F)F)c1)Nc1cccc(C#Cc2ccccn2)c1. The number of alkyl halides is 3. The summed E-state index contributed by atoms with van der Waals surface area (Å²) in [7, 11) is 0. The zero-order valence-electron chi connectivity index (χ0n) is 14.6. The third-order valence-corrected chi connectivity index (χ3v) is 3.77. The van der Waals surface area contributed by atoms with Gasteiger partial charge in [-0.05, 0) is 47.9 Å². The van der Waals surface area contributed by atoms with Crippen LogP contribution in [-0.2, 0) is 17.4 Å². The number of carbonyl (C=O) groups excluding carboxylic acids is 1. The van der Waals surface area contributed by atoms with Gasteiger partial charge in [0.25, 0.3) is 0 Å².